The number of carbonyl (C=O) groups excluding carboxylic acids is 1. The molecule has 1 aromatic rings. The molecule has 1 aromatic carbocycles. The molecular weight excluding hydrogens is 238 g/mol. The van der Waals surface area contributed by atoms with Crippen LogP contribution < -0.4 is 0 Å². The van der Waals surface area contributed by atoms with E-state index in [1.54, 1.807) is 6.92 Å². The van der Waals surface area contributed by atoms with E-state index < -0.39 is 0 Å². The first-order valence-electron chi connectivity index (χ1n) is 5.29. The van der Waals surface area contributed by atoms with Crippen LogP contribution in [0, 0.1) is 16.0 Å². The van der Waals surface area contributed by atoms with Gasteiger partial charge in [-0.3, -0.25) is 14.9 Å². The van der Waals surface area contributed by atoms with Crippen LogP contribution in [0.3, 0.4) is 0 Å². The summed E-state index contributed by atoms with van der Waals surface area (Å²) in [5.74, 6) is 0.356. The Bertz CT molecular complexity index is 369. The molecule has 0 aromatic heterocycles. The highest BCUT2D eigenvalue weighted by Crippen LogP contribution is 2.30. The lowest BCUT2D eigenvalue weighted by Crippen LogP contribution is -2.12. The minimum atomic E-state index is -0.319. The lowest BCUT2D eigenvalue weighted by molar-refractivity contribution is -0.479. The summed E-state index contributed by atoms with van der Waals surface area (Å²) in [5.41, 5.74) is 0.923. The number of rotatable bonds is 7. The van der Waals surface area contributed by atoms with E-state index in [2.05, 4.69) is 0 Å². The van der Waals surface area contributed by atoms with Gasteiger partial charge in [-0.2, -0.15) is 0 Å². The van der Waals surface area contributed by atoms with E-state index in [4.69, 9.17) is 0 Å². The fourth-order valence-corrected chi connectivity index (χ4v) is 2.52. The second-order valence-electron chi connectivity index (χ2n) is 3.77. The molecule has 1 radical (unpaired) electrons. The fraction of sp³-hybridized carbons (Fsp3) is 0.417. The van der Waals surface area contributed by atoms with Crippen LogP contribution in [0.1, 0.15) is 17.7 Å². The Hall–Kier alpha value is -1.36. The summed E-state index contributed by atoms with van der Waals surface area (Å²) in [6, 6.07) is 9.34. The van der Waals surface area contributed by atoms with Crippen LogP contribution in [-0.2, 0) is 4.79 Å². The molecule has 0 amide bonds. The second kappa shape index (κ2) is 7.06. The average molecular weight is 252 g/mol. The van der Waals surface area contributed by atoms with Gasteiger partial charge in [-0.25, -0.2) is 0 Å². The van der Waals surface area contributed by atoms with Gasteiger partial charge < -0.3 is 0 Å². The minimum Gasteiger partial charge on any atom is -0.291 e. The van der Waals surface area contributed by atoms with Crippen LogP contribution >= 0.6 is 11.8 Å². The number of hydrogen-bond acceptors (Lipinski definition) is 4. The van der Waals surface area contributed by atoms with E-state index in [1.807, 2.05) is 36.6 Å². The number of thioether (sulfide) groups is 1. The maximum absolute atomic E-state index is 10.6. The molecule has 91 valence electrons. The molecule has 0 aliphatic heterocycles. The molecule has 0 aliphatic rings. The van der Waals surface area contributed by atoms with E-state index in [-0.39, 0.29) is 22.6 Å². The molecule has 0 fully saturated rings. The monoisotopic (exact) mass is 252 g/mol. The predicted molar refractivity (Wildman–Crippen MR) is 68.4 cm³/mol. The lowest BCUT2D eigenvalue weighted by Gasteiger charge is -2.13. The minimum absolute atomic E-state index is 0.125. The van der Waals surface area contributed by atoms with Gasteiger partial charge in [0.2, 0.25) is 12.8 Å². The molecule has 0 heterocycles. The van der Waals surface area contributed by atoms with Crippen LogP contribution in [0.25, 0.3) is 0 Å². The van der Waals surface area contributed by atoms with Crippen molar-refractivity contribution < 1.29 is 9.72 Å². The van der Waals surface area contributed by atoms with E-state index in [0.29, 0.717) is 5.75 Å². The second-order valence-corrected chi connectivity index (χ2v) is 5.00. The first-order chi connectivity index (χ1) is 8.13. The highest BCUT2D eigenvalue weighted by Gasteiger charge is 2.19. The SMILES string of the molecule is CC([C]=O)CSC(C[N+](=O)[O-])c1ccccc1. The smallest absolute Gasteiger partial charge is 0.219 e. The molecule has 17 heavy (non-hydrogen) atoms. The van der Waals surface area contributed by atoms with Crippen LogP contribution in [0.4, 0.5) is 0 Å². The number of hydrogen-bond donors (Lipinski definition) is 0. The lowest BCUT2D eigenvalue weighted by atomic mass is 10.1. The van der Waals surface area contributed by atoms with Gasteiger partial charge in [0.1, 0.15) is 0 Å². The van der Waals surface area contributed by atoms with Gasteiger partial charge in [0, 0.05) is 16.6 Å². The summed E-state index contributed by atoms with van der Waals surface area (Å²) in [5, 5.41) is 10.4. The molecular formula is C12H14NO3S. The molecule has 0 N–H and O–H groups in total. The molecule has 1 rings (SSSR count). The zero-order chi connectivity index (χ0) is 12.7. The Morgan fingerprint density at radius 2 is 2.06 bits per heavy atom. The standard InChI is InChI=1S/C12H14NO3S/c1-10(8-14)9-17-12(7-13(15)16)11-5-3-2-4-6-11/h2-6,10,12H,7,9H2,1H3. The van der Waals surface area contributed by atoms with Crippen LogP contribution in [0.2, 0.25) is 0 Å². The van der Waals surface area contributed by atoms with Crippen molar-refractivity contribution in [3.05, 3.63) is 46.0 Å². The topological polar surface area (TPSA) is 60.2 Å². The molecule has 0 saturated heterocycles. The Morgan fingerprint density at radius 1 is 1.41 bits per heavy atom. The molecule has 2 unspecified atom stereocenters. The van der Waals surface area contributed by atoms with Crippen molar-refractivity contribution in [2.24, 2.45) is 5.92 Å². The van der Waals surface area contributed by atoms with Gasteiger partial charge in [0.05, 0.1) is 5.25 Å². The Balaban J connectivity index is 2.67. The Kier molecular flexibility index (Phi) is 5.69. The molecule has 0 spiro atoms. The maximum Gasteiger partial charge on any atom is 0.219 e. The highest BCUT2D eigenvalue weighted by atomic mass is 32.2. The summed E-state index contributed by atoms with van der Waals surface area (Å²) in [6.07, 6.45) is 1.88. The van der Waals surface area contributed by atoms with Crippen molar-refractivity contribution in [2.75, 3.05) is 12.3 Å². The molecule has 0 aliphatic carbocycles. The maximum atomic E-state index is 10.6. The van der Waals surface area contributed by atoms with E-state index in [0.717, 1.165) is 5.56 Å². The van der Waals surface area contributed by atoms with Gasteiger partial charge >= 0.3 is 0 Å². The van der Waals surface area contributed by atoms with E-state index in [9.17, 15) is 14.9 Å². The Morgan fingerprint density at radius 3 is 2.59 bits per heavy atom. The number of nitrogens with zero attached hydrogens (tertiary/aromatic N) is 1. The summed E-state index contributed by atoms with van der Waals surface area (Å²) in [4.78, 5) is 20.7. The molecule has 5 heteroatoms. The van der Waals surface area contributed by atoms with E-state index in [1.165, 1.54) is 11.8 Å². The fourth-order valence-electron chi connectivity index (χ4n) is 1.35. The third-order valence-corrected chi connectivity index (χ3v) is 3.75. The van der Waals surface area contributed by atoms with Crippen molar-refractivity contribution in [3.63, 3.8) is 0 Å². The largest absolute Gasteiger partial charge is 0.291 e. The number of nitro groups is 1. The summed E-state index contributed by atoms with van der Waals surface area (Å²) >= 11 is 1.43. The van der Waals surface area contributed by atoms with Crippen molar-refractivity contribution in [1.82, 2.24) is 0 Å². The molecule has 2 atom stereocenters. The predicted octanol–water partition coefficient (Wildman–Crippen LogP) is 2.48. The van der Waals surface area contributed by atoms with Crippen molar-refractivity contribution in [3.8, 4) is 0 Å². The zero-order valence-electron chi connectivity index (χ0n) is 9.54. The first kappa shape index (κ1) is 13.7. The van der Waals surface area contributed by atoms with Gasteiger partial charge in [0.15, 0.2) is 0 Å². The van der Waals surface area contributed by atoms with Gasteiger partial charge in [0.25, 0.3) is 0 Å². The van der Waals surface area contributed by atoms with Gasteiger partial charge in [-0.15, -0.1) is 11.8 Å². The molecule has 0 saturated carbocycles. The quantitative estimate of drug-likeness (QED) is 0.552. The third-order valence-electron chi connectivity index (χ3n) is 2.23. The normalized spacial score (nSPS) is 13.9. The van der Waals surface area contributed by atoms with E-state index >= 15 is 0 Å². The highest BCUT2D eigenvalue weighted by molar-refractivity contribution is 7.99. The number of benzene rings is 1. The van der Waals surface area contributed by atoms with Crippen LogP contribution in [0.5, 0.6) is 0 Å². The summed E-state index contributed by atoms with van der Waals surface area (Å²) < 4.78 is 0. The van der Waals surface area contributed by atoms with Crippen LogP contribution in [0.15, 0.2) is 30.3 Å². The summed E-state index contributed by atoms with van der Waals surface area (Å²) in [7, 11) is 0. The third kappa shape index (κ3) is 4.99. The van der Waals surface area contributed by atoms with Crippen LogP contribution in [-0.4, -0.2) is 23.5 Å². The summed E-state index contributed by atoms with van der Waals surface area (Å²) in [6.45, 7) is 1.63. The Labute approximate surface area is 105 Å². The van der Waals surface area contributed by atoms with Gasteiger partial charge in [-0.1, -0.05) is 37.3 Å². The molecule has 4 nitrogen and oxygen atoms in total. The first-order valence-corrected chi connectivity index (χ1v) is 6.34. The molecule has 0 bridgehead atoms. The van der Waals surface area contributed by atoms with Crippen molar-refractivity contribution >= 4 is 18.0 Å². The average Bonchev–Trinajstić information content (AvgIpc) is 2.34. The van der Waals surface area contributed by atoms with Crippen molar-refractivity contribution in [2.45, 2.75) is 12.2 Å². The van der Waals surface area contributed by atoms with Gasteiger partial charge in [-0.05, 0) is 5.56 Å². The zero-order valence-corrected chi connectivity index (χ0v) is 10.4. The van der Waals surface area contributed by atoms with Crippen molar-refractivity contribution in [1.29, 1.82) is 0 Å².